The van der Waals surface area contributed by atoms with Crippen molar-refractivity contribution in [2.45, 2.75) is 64.0 Å². The third-order valence-corrected chi connectivity index (χ3v) is 9.64. The lowest BCUT2D eigenvalue weighted by Gasteiger charge is -2.43. The molecule has 4 aromatic rings. The average molecular weight is 650 g/mol. The maximum atomic E-state index is 12.6. The SMILES string of the molecule is COCC1CCCN1CC1OC(c2ccc(-c3ccccc3CNC(=O)NCc3ccccc3)cc2)OC(c2ccc(CO)cc2)C1C. The van der Waals surface area contributed by atoms with Gasteiger partial charge < -0.3 is 30.0 Å². The van der Waals surface area contributed by atoms with Gasteiger partial charge in [0.15, 0.2) is 6.29 Å². The van der Waals surface area contributed by atoms with Gasteiger partial charge >= 0.3 is 6.03 Å². The lowest BCUT2D eigenvalue weighted by molar-refractivity contribution is -0.276. The molecule has 8 heteroatoms. The second-order valence-corrected chi connectivity index (χ2v) is 12.9. The van der Waals surface area contributed by atoms with E-state index in [-0.39, 0.29) is 30.8 Å². The number of hydrogen-bond donors (Lipinski definition) is 3. The number of nitrogens with zero attached hydrogens (tertiary/aromatic N) is 1. The number of carbonyl (C=O) groups excluding carboxylic acids is 1. The molecule has 4 aromatic carbocycles. The van der Waals surface area contributed by atoms with Gasteiger partial charge in [0.1, 0.15) is 0 Å². The van der Waals surface area contributed by atoms with Crippen LogP contribution in [0.5, 0.6) is 0 Å². The van der Waals surface area contributed by atoms with Crippen LogP contribution < -0.4 is 10.6 Å². The number of likely N-dealkylation sites (tertiary alicyclic amines) is 1. The van der Waals surface area contributed by atoms with Gasteiger partial charge in [0, 0.05) is 44.3 Å². The highest BCUT2D eigenvalue weighted by Gasteiger charge is 2.40. The number of ether oxygens (including phenoxy) is 3. The zero-order valence-electron chi connectivity index (χ0n) is 27.9. The molecule has 0 saturated carbocycles. The summed E-state index contributed by atoms with van der Waals surface area (Å²) in [6.45, 7) is 5.69. The Kier molecular flexibility index (Phi) is 11.5. The minimum atomic E-state index is -0.531. The Hall–Kier alpha value is -4.05. The van der Waals surface area contributed by atoms with Crippen molar-refractivity contribution in [3.63, 3.8) is 0 Å². The first-order chi connectivity index (χ1) is 23.5. The molecule has 0 radical (unpaired) electrons. The number of methoxy groups -OCH3 is 1. The molecule has 5 atom stereocenters. The fourth-order valence-corrected chi connectivity index (χ4v) is 6.87. The highest BCUT2D eigenvalue weighted by atomic mass is 16.7. The number of carbonyl (C=O) groups is 1. The van der Waals surface area contributed by atoms with Gasteiger partial charge in [-0.05, 0) is 52.8 Å². The van der Waals surface area contributed by atoms with E-state index >= 15 is 0 Å². The predicted octanol–water partition coefficient (Wildman–Crippen LogP) is 6.75. The van der Waals surface area contributed by atoms with Gasteiger partial charge in [-0.1, -0.05) is 110 Å². The number of benzene rings is 4. The van der Waals surface area contributed by atoms with Crippen LogP contribution in [0.1, 0.15) is 60.0 Å². The summed E-state index contributed by atoms with van der Waals surface area (Å²) in [5.74, 6) is 0.119. The molecule has 0 aliphatic carbocycles. The molecule has 2 amide bonds. The fraction of sp³-hybridized carbons (Fsp3) is 0.375. The van der Waals surface area contributed by atoms with Gasteiger partial charge in [-0.2, -0.15) is 0 Å². The summed E-state index contributed by atoms with van der Waals surface area (Å²) in [5, 5.41) is 15.5. The van der Waals surface area contributed by atoms with Gasteiger partial charge in [-0.3, -0.25) is 4.90 Å². The van der Waals surface area contributed by atoms with E-state index in [1.54, 1.807) is 7.11 Å². The van der Waals surface area contributed by atoms with Gasteiger partial charge in [0.2, 0.25) is 0 Å². The Morgan fingerprint density at radius 2 is 1.56 bits per heavy atom. The number of amides is 2. The normalized spacial score (nSPS) is 22.8. The number of nitrogens with one attached hydrogen (secondary N) is 2. The van der Waals surface area contributed by atoms with Crippen molar-refractivity contribution >= 4 is 6.03 Å². The van der Waals surface area contributed by atoms with Gasteiger partial charge in [0.05, 0.1) is 25.4 Å². The highest BCUT2D eigenvalue weighted by molar-refractivity contribution is 5.75. The lowest BCUT2D eigenvalue weighted by atomic mass is 9.89. The first-order valence-electron chi connectivity index (χ1n) is 17.0. The van der Waals surface area contributed by atoms with E-state index in [2.05, 4.69) is 64.9 Å². The van der Waals surface area contributed by atoms with Crippen molar-refractivity contribution in [3.8, 4) is 11.1 Å². The van der Waals surface area contributed by atoms with E-state index in [1.165, 1.54) is 0 Å². The quantitative estimate of drug-likeness (QED) is 0.157. The zero-order valence-corrected chi connectivity index (χ0v) is 27.9. The topological polar surface area (TPSA) is 92.3 Å². The van der Waals surface area contributed by atoms with Crippen LogP contribution in [0.25, 0.3) is 11.1 Å². The Morgan fingerprint density at radius 1 is 0.854 bits per heavy atom. The molecule has 3 N–H and O–H groups in total. The lowest BCUT2D eigenvalue weighted by Crippen LogP contribution is -2.46. The second-order valence-electron chi connectivity index (χ2n) is 12.9. The molecular weight excluding hydrogens is 602 g/mol. The molecule has 5 unspecified atom stereocenters. The standard InChI is InChI=1S/C40H47N3O5/c1-28-37(25-43-22-8-12-35(43)27-46-2)47-39(48-38(28)32-16-14-30(26-44)15-17-32)33-20-18-31(19-21-33)36-13-7-6-11-34(36)24-42-40(45)41-23-29-9-4-3-5-10-29/h3-7,9-11,13-21,28,35,37-39,44H,8,12,22-27H2,1-2H3,(H2,41,42,45). The van der Waals surface area contributed by atoms with Crippen molar-refractivity contribution in [1.82, 2.24) is 15.5 Å². The maximum absolute atomic E-state index is 12.6. The molecule has 2 aliphatic rings. The maximum Gasteiger partial charge on any atom is 0.315 e. The summed E-state index contributed by atoms with van der Waals surface area (Å²) in [6.07, 6.45) is 1.57. The van der Waals surface area contributed by atoms with Crippen LogP contribution in [0.4, 0.5) is 4.79 Å². The number of urea groups is 1. The first kappa shape index (κ1) is 33.8. The van der Waals surface area contributed by atoms with Crippen molar-refractivity contribution in [2.24, 2.45) is 5.92 Å². The Bertz CT molecular complexity index is 1600. The number of aliphatic hydroxyl groups is 1. The van der Waals surface area contributed by atoms with Crippen LogP contribution in [0.3, 0.4) is 0 Å². The van der Waals surface area contributed by atoms with Crippen molar-refractivity contribution < 1.29 is 24.1 Å². The molecule has 8 nitrogen and oxygen atoms in total. The van der Waals surface area contributed by atoms with E-state index in [1.807, 2.05) is 60.7 Å². The summed E-state index contributed by atoms with van der Waals surface area (Å²) in [7, 11) is 1.77. The van der Waals surface area contributed by atoms with Crippen LogP contribution >= 0.6 is 0 Å². The largest absolute Gasteiger partial charge is 0.392 e. The van der Waals surface area contributed by atoms with Gasteiger partial charge in [-0.25, -0.2) is 4.79 Å². The van der Waals surface area contributed by atoms with E-state index < -0.39 is 6.29 Å². The Labute approximate surface area is 284 Å². The van der Waals surface area contributed by atoms with E-state index in [4.69, 9.17) is 14.2 Å². The van der Waals surface area contributed by atoms with Crippen LogP contribution in [0.15, 0.2) is 103 Å². The number of rotatable bonds is 12. The molecule has 2 aliphatic heterocycles. The fourth-order valence-electron chi connectivity index (χ4n) is 6.87. The summed E-state index contributed by atoms with van der Waals surface area (Å²) in [4.78, 5) is 15.1. The van der Waals surface area contributed by atoms with Crippen LogP contribution in [0.2, 0.25) is 0 Å². The summed E-state index contributed by atoms with van der Waals surface area (Å²) in [5.41, 5.74) is 7.11. The molecule has 0 spiro atoms. The van der Waals surface area contributed by atoms with Crippen molar-refractivity contribution in [1.29, 1.82) is 0 Å². The summed E-state index contributed by atoms with van der Waals surface area (Å²) in [6, 6.07) is 34.6. The number of aliphatic hydroxyl groups excluding tert-OH is 1. The molecule has 2 heterocycles. The van der Waals surface area contributed by atoms with Gasteiger partial charge in [0.25, 0.3) is 0 Å². The van der Waals surface area contributed by atoms with E-state index in [0.29, 0.717) is 19.1 Å². The predicted molar refractivity (Wildman–Crippen MR) is 187 cm³/mol. The molecule has 0 aromatic heterocycles. The van der Waals surface area contributed by atoms with Crippen LogP contribution in [-0.2, 0) is 33.9 Å². The highest BCUT2D eigenvalue weighted by Crippen LogP contribution is 2.42. The minimum Gasteiger partial charge on any atom is -0.392 e. The smallest absolute Gasteiger partial charge is 0.315 e. The molecule has 252 valence electrons. The first-order valence-corrected chi connectivity index (χ1v) is 17.0. The monoisotopic (exact) mass is 649 g/mol. The Balaban J connectivity index is 1.17. The molecule has 6 rings (SSSR count). The van der Waals surface area contributed by atoms with Crippen molar-refractivity contribution in [3.05, 3.63) is 131 Å². The molecule has 0 bridgehead atoms. The average Bonchev–Trinajstić information content (AvgIpc) is 3.57. The number of hydrogen-bond acceptors (Lipinski definition) is 6. The molecule has 2 saturated heterocycles. The summed E-state index contributed by atoms with van der Waals surface area (Å²) < 4.78 is 19.0. The summed E-state index contributed by atoms with van der Waals surface area (Å²) >= 11 is 0. The van der Waals surface area contributed by atoms with Crippen LogP contribution in [0, 0.1) is 5.92 Å². The van der Waals surface area contributed by atoms with Gasteiger partial charge in [-0.15, -0.1) is 0 Å². The van der Waals surface area contributed by atoms with Crippen LogP contribution in [-0.4, -0.2) is 55.0 Å². The molecule has 48 heavy (non-hydrogen) atoms. The van der Waals surface area contributed by atoms with E-state index in [0.717, 1.165) is 71.5 Å². The van der Waals surface area contributed by atoms with E-state index in [9.17, 15) is 9.90 Å². The van der Waals surface area contributed by atoms with Crippen molar-refractivity contribution in [2.75, 3.05) is 26.8 Å². The zero-order chi connectivity index (χ0) is 33.3. The molecular formula is C40H47N3O5. The Morgan fingerprint density at radius 3 is 2.31 bits per heavy atom. The second kappa shape index (κ2) is 16.4. The third kappa shape index (κ3) is 8.32. The minimum absolute atomic E-state index is 0.0125. The third-order valence-electron chi connectivity index (χ3n) is 9.64. The molecule has 2 fully saturated rings.